The zero-order chi connectivity index (χ0) is 14.8. The number of ether oxygens (including phenoxy) is 2. The molecule has 1 N–H and O–H groups in total. The molecule has 4 heteroatoms. The predicted molar refractivity (Wildman–Crippen MR) is 80.3 cm³/mol. The quantitative estimate of drug-likeness (QED) is 0.557. The van der Waals surface area contributed by atoms with Gasteiger partial charge >= 0.3 is 0 Å². The van der Waals surface area contributed by atoms with Crippen LogP contribution in [-0.4, -0.2) is 26.7 Å². The molecular weight excluding hydrogens is 254 g/mol. The predicted octanol–water partition coefficient (Wildman–Crippen LogP) is 2.72. The Bertz CT molecular complexity index is 443. The van der Waals surface area contributed by atoms with E-state index in [0.717, 1.165) is 24.8 Å². The smallest absolute Gasteiger partial charge is 0.220 e. The third-order valence-corrected chi connectivity index (χ3v) is 3.00. The second kappa shape index (κ2) is 9.02. The molecule has 0 aromatic heterocycles. The van der Waals surface area contributed by atoms with Gasteiger partial charge in [-0.2, -0.15) is 0 Å². The molecule has 0 aliphatic heterocycles. The van der Waals surface area contributed by atoms with Gasteiger partial charge in [0.2, 0.25) is 5.91 Å². The molecule has 1 aromatic rings. The number of allylic oxidation sites excluding steroid dienone is 1. The fourth-order valence-corrected chi connectivity index (χ4v) is 1.88. The zero-order valence-electron chi connectivity index (χ0n) is 12.3. The molecule has 0 fully saturated rings. The number of methoxy groups -OCH3 is 2. The minimum atomic E-state index is 0.0901. The highest BCUT2D eigenvalue weighted by Crippen LogP contribution is 2.27. The van der Waals surface area contributed by atoms with Crippen molar-refractivity contribution in [2.45, 2.75) is 25.7 Å². The van der Waals surface area contributed by atoms with Gasteiger partial charge in [0.25, 0.3) is 0 Å². The average Bonchev–Trinajstić information content (AvgIpc) is 2.47. The molecule has 0 saturated carbocycles. The summed E-state index contributed by atoms with van der Waals surface area (Å²) in [6.45, 7) is 4.26. The largest absolute Gasteiger partial charge is 0.493 e. The maximum atomic E-state index is 11.5. The number of benzene rings is 1. The molecule has 0 saturated heterocycles. The molecule has 0 atom stereocenters. The molecule has 4 nitrogen and oxygen atoms in total. The van der Waals surface area contributed by atoms with Crippen LogP contribution in [0, 0.1) is 0 Å². The van der Waals surface area contributed by atoms with Crippen molar-refractivity contribution in [3.63, 3.8) is 0 Å². The molecule has 0 spiro atoms. The highest BCUT2D eigenvalue weighted by molar-refractivity contribution is 5.75. The highest BCUT2D eigenvalue weighted by Gasteiger charge is 2.05. The Morgan fingerprint density at radius 2 is 2.05 bits per heavy atom. The summed E-state index contributed by atoms with van der Waals surface area (Å²) in [5.74, 6) is 1.51. The van der Waals surface area contributed by atoms with Crippen molar-refractivity contribution in [1.82, 2.24) is 5.32 Å². The minimum absolute atomic E-state index is 0.0901. The first-order valence-electron chi connectivity index (χ1n) is 6.79. The third kappa shape index (κ3) is 5.34. The molecule has 0 aliphatic carbocycles. The average molecular weight is 277 g/mol. The molecule has 110 valence electrons. The van der Waals surface area contributed by atoms with Gasteiger partial charge in [0.1, 0.15) is 0 Å². The maximum absolute atomic E-state index is 11.5. The van der Waals surface area contributed by atoms with Crippen LogP contribution in [0.4, 0.5) is 0 Å². The summed E-state index contributed by atoms with van der Waals surface area (Å²) < 4.78 is 10.4. The molecule has 0 unspecified atom stereocenters. The standard InChI is InChI=1S/C16H23NO3/c1-4-5-6-7-16(18)17-11-10-13-8-9-14(19-2)15(12-13)20-3/h4,8-9,12H,1,5-7,10-11H2,2-3H3,(H,17,18). The van der Waals surface area contributed by atoms with Crippen LogP contribution >= 0.6 is 0 Å². The van der Waals surface area contributed by atoms with Crippen LogP contribution < -0.4 is 14.8 Å². The van der Waals surface area contributed by atoms with Gasteiger partial charge in [-0.15, -0.1) is 6.58 Å². The van der Waals surface area contributed by atoms with E-state index in [1.165, 1.54) is 0 Å². The Hall–Kier alpha value is -1.97. The van der Waals surface area contributed by atoms with Gasteiger partial charge in [0.05, 0.1) is 14.2 Å². The molecule has 0 radical (unpaired) electrons. The minimum Gasteiger partial charge on any atom is -0.493 e. The maximum Gasteiger partial charge on any atom is 0.220 e. The fourth-order valence-electron chi connectivity index (χ4n) is 1.88. The van der Waals surface area contributed by atoms with Crippen molar-refractivity contribution in [3.8, 4) is 11.5 Å². The van der Waals surface area contributed by atoms with Crippen molar-refractivity contribution < 1.29 is 14.3 Å². The Morgan fingerprint density at radius 3 is 2.70 bits per heavy atom. The summed E-state index contributed by atoms with van der Waals surface area (Å²) in [5, 5.41) is 2.91. The molecule has 0 aliphatic rings. The van der Waals surface area contributed by atoms with E-state index in [1.54, 1.807) is 14.2 Å². The Morgan fingerprint density at radius 1 is 1.30 bits per heavy atom. The Balaban J connectivity index is 2.38. The van der Waals surface area contributed by atoms with Gasteiger partial charge in [0, 0.05) is 13.0 Å². The van der Waals surface area contributed by atoms with Crippen LogP contribution in [0.25, 0.3) is 0 Å². The van der Waals surface area contributed by atoms with E-state index in [9.17, 15) is 4.79 Å². The van der Waals surface area contributed by atoms with E-state index in [1.807, 2.05) is 24.3 Å². The molecule has 0 heterocycles. The van der Waals surface area contributed by atoms with Crippen LogP contribution in [-0.2, 0) is 11.2 Å². The van der Waals surface area contributed by atoms with E-state index in [0.29, 0.717) is 24.5 Å². The lowest BCUT2D eigenvalue weighted by molar-refractivity contribution is -0.121. The topological polar surface area (TPSA) is 47.6 Å². The summed E-state index contributed by atoms with van der Waals surface area (Å²) in [6.07, 6.45) is 4.89. The van der Waals surface area contributed by atoms with Gasteiger partial charge in [-0.05, 0) is 37.0 Å². The van der Waals surface area contributed by atoms with Crippen LogP contribution in [0.3, 0.4) is 0 Å². The van der Waals surface area contributed by atoms with E-state index >= 15 is 0 Å². The molecule has 20 heavy (non-hydrogen) atoms. The summed E-state index contributed by atoms with van der Waals surface area (Å²) in [4.78, 5) is 11.5. The van der Waals surface area contributed by atoms with E-state index < -0.39 is 0 Å². The van der Waals surface area contributed by atoms with E-state index in [-0.39, 0.29) is 5.91 Å². The van der Waals surface area contributed by atoms with Crippen molar-refractivity contribution >= 4 is 5.91 Å². The lowest BCUT2D eigenvalue weighted by atomic mass is 10.1. The number of rotatable bonds is 9. The number of amides is 1. The molecule has 1 aromatic carbocycles. The normalized spacial score (nSPS) is 9.90. The first-order valence-corrected chi connectivity index (χ1v) is 6.79. The second-order valence-corrected chi connectivity index (χ2v) is 4.47. The second-order valence-electron chi connectivity index (χ2n) is 4.47. The number of carbonyl (C=O) groups excluding carboxylic acids is 1. The monoisotopic (exact) mass is 277 g/mol. The fraction of sp³-hybridized carbons (Fsp3) is 0.438. The van der Waals surface area contributed by atoms with Crippen molar-refractivity contribution in [3.05, 3.63) is 36.4 Å². The molecular formula is C16H23NO3. The lowest BCUT2D eigenvalue weighted by Crippen LogP contribution is -2.25. The summed E-state index contributed by atoms with van der Waals surface area (Å²) in [5.41, 5.74) is 1.11. The van der Waals surface area contributed by atoms with Gasteiger partial charge in [0.15, 0.2) is 11.5 Å². The Kier molecular flexibility index (Phi) is 7.25. The van der Waals surface area contributed by atoms with Crippen LogP contribution in [0.2, 0.25) is 0 Å². The van der Waals surface area contributed by atoms with Crippen molar-refractivity contribution in [2.24, 2.45) is 0 Å². The van der Waals surface area contributed by atoms with Crippen molar-refractivity contribution in [2.75, 3.05) is 20.8 Å². The molecule has 1 amide bonds. The van der Waals surface area contributed by atoms with E-state index in [2.05, 4.69) is 11.9 Å². The number of unbranched alkanes of at least 4 members (excludes halogenated alkanes) is 1. The summed E-state index contributed by atoms with van der Waals surface area (Å²) in [7, 11) is 3.23. The van der Waals surface area contributed by atoms with Crippen LogP contribution in [0.5, 0.6) is 11.5 Å². The van der Waals surface area contributed by atoms with Crippen molar-refractivity contribution in [1.29, 1.82) is 0 Å². The number of hydrogen-bond donors (Lipinski definition) is 1. The molecule has 0 bridgehead atoms. The lowest BCUT2D eigenvalue weighted by Gasteiger charge is -2.10. The van der Waals surface area contributed by atoms with E-state index in [4.69, 9.17) is 9.47 Å². The molecule has 1 rings (SSSR count). The first kappa shape index (κ1) is 16.1. The summed E-state index contributed by atoms with van der Waals surface area (Å²) in [6, 6.07) is 5.79. The zero-order valence-corrected chi connectivity index (χ0v) is 12.3. The summed E-state index contributed by atoms with van der Waals surface area (Å²) >= 11 is 0. The van der Waals surface area contributed by atoms with Crippen LogP contribution in [0.1, 0.15) is 24.8 Å². The van der Waals surface area contributed by atoms with Gasteiger partial charge in [-0.3, -0.25) is 4.79 Å². The first-order chi connectivity index (χ1) is 9.71. The number of nitrogens with one attached hydrogen (secondary N) is 1. The van der Waals surface area contributed by atoms with Gasteiger partial charge in [-0.1, -0.05) is 12.1 Å². The number of carbonyl (C=O) groups is 1. The van der Waals surface area contributed by atoms with Gasteiger partial charge in [-0.25, -0.2) is 0 Å². The SMILES string of the molecule is C=CCCCC(=O)NCCc1ccc(OC)c(OC)c1. The van der Waals surface area contributed by atoms with Crippen LogP contribution in [0.15, 0.2) is 30.9 Å². The number of hydrogen-bond acceptors (Lipinski definition) is 3. The Labute approximate surface area is 120 Å². The van der Waals surface area contributed by atoms with Gasteiger partial charge < -0.3 is 14.8 Å². The highest BCUT2D eigenvalue weighted by atomic mass is 16.5. The third-order valence-electron chi connectivity index (χ3n) is 3.00.